The average molecular weight is 622 g/mol. The van der Waals surface area contributed by atoms with Crippen molar-refractivity contribution in [3.05, 3.63) is 61.1 Å². The largest absolute Gasteiger partial charge is 0.432 e. The van der Waals surface area contributed by atoms with Gasteiger partial charge in [0.2, 0.25) is 0 Å². The number of amides is 1. The first-order valence-electron chi connectivity index (χ1n) is 8.00. The Kier molecular flexibility index (Phi) is 10.6. The van der Waals surface area contributed by atoms with E-state index in [0.29, 0.717) is 10.7 Å². The van der Waals surface area contributed by atoms with Gasteiger partial charge in [-0.05, 0) is 44.0 Å². The summed E-state index contributed by atoms with van der Waals surface area (Å²) in [6.45, 7) is 0. The van der Waals surface area contributed by atoms with Gasteiger partial charge in [-0.1, -0.05) is 30.6 Å². The molecule has 3 rings (SSSR count). The van der Waals surface area contributed by atoms with Gasteiger partial charge in [-0.15, -0.1) is 0 Å². The lowest BCUT2D eigenvalue weighted by Crippen LogP contribution is -2.26. The Morgan fingerprint density at radius 2 is 1.62 bits per heavy atom. The molecule has 0 spiro atoms. The maximum atomic E-state index is 12.3. The van der Waals surface area contributed by atoms with Gasteiger partial charge < -0.3 is 4.98 Å². The number of hydrogen-bond acceptors (Lipinski definition) is 5. The highest BCUT2D eigenvalue weighted by Gasteiger charge is 2.33. The Hall–Kier alpha value is -1.73. The molecule has 0 saturated carbocycles. The monoisotopic (exact) mass is 619 g/mol. The predicted molar refractivity (Wildman–Crippen MR) is 122 cm³/mol. The third kappa shape index (κ3) is 7.41. The quantitative estimate of drug-likeness (QED) is 0.330. The van der Waals surface area contributed by atoms with E-state index < -0.39 is 11.9 Å². The van der Waals surface area contributed by atoms with Crippen LogP contribution in [0.3, 0.4) is 0 Å². The molecule has 0 radical (unpaired) electrons. The average Bonchev–Trinajstić information content (AvgIpc) is 3.18. The van der Waals surface area contributed by atoms with E-state index >= 15 is 0 Å². The summed E-state index contributed by atoms with van der Waals surface area (Å²) in [6, 6.07) is 3.13. The van der Waals surface area contributed by atoms with Gasteiger partial charge in [0.15, 0.2) is 5.82 Å². The van der Waals surface area contributed by atoms with Crippen molar-refractivity contribution >= 4 is 61.0 Å². The number of nitrogens with zero attached hydrogens (tertiary/aromatic N) is 4. The predicted octanol–water partition coefficient (Wildman–Crippen LogP) is 6.67. The molecule has 3 heterocycles. The molecule has 14 heteroatoms. The smallest absolute Gasteiger partial charge is 0.333 e. The van der Waals surface area contributed by atoms with Crippen molar-refractivity contribution in [3.8, 4) is 11.5 Å². The number of aromatic nitrogens is 4. The van der Waals surface area contributed by atoms with Crippen LogP contribution in [-0.4, -0.2) is 45.1 Å². The van der Waals surface area contributed by atoms with Crippen molar-refractivity contribution in [3.63, 3.8) is 0 Å². The van der Waals surface area contributed by atoms with Crippen LogP contribution >= 0.6 is 55.1 Å². The highest BCUT2D eigenvalue weighted by atomic mass is 79.9. The fourth-order valence-electron chi connectivity index (χ4n) is 1.98. The summed E-state index contributed by atoms with van der Waals surface area (Å²) >= 11 is 18.0. The fraction of sp³-hybridized carbons (Fsp3) is 0.222. The van der Waals surface area contributed by atoms with Crippen LogP contribution in [0.15, 0.2) is 39.7 Å². The molecule has 7 nitrogen and oxygen atoms in total. The van der Waals surface area contributed by atoms with Gasteiger partial charge in [-0.25, -0.2) is 15.0 Å². The zero-order valence-electron chi connectivity index (χ0n) is 15.6. The van der Waals surface area contributed by atoms with E-state index in [1.54, 1.807) is 6.07 Å². The topological polar surface area (TPSA) is 84.0 Å². The molecule has 0 fully saturated rings. The fourth-order valence-corrected chi connectivity index (χ4v) is 3.41. The van der Waals surface area contributed by atoms with Crippen molar-refractivity contribution in [2.24, 2.45) is 0 Å². The molecule has 0 bridgehead atoms. The molecule has 1 N–H and O–H groups in total. The summed E-state index contributed by atoms with van der Waals surface area (Å²) in [4.78, 5) is 29.8. The molecule has 1 amide bonds. The molecule has 0 aliphatic rings. The zero-order chi connectivity index (χ0) is 23.3. The maximum absolute atomic E-state index is 12.3. The Labute approximate surface area is 208 Å². The highest BCUT2D eigenvalue weighted by molar-refractivity contribution is 9.10. The van der Waals surface area contributed by atoms with Crippen molar-refractivity contribution < 1.29 is 22.8 Å². The van der Waals surface area contributed by atoms with Gasteiger partial charge in [-0.2, -0.15) is 13.2 Å². The van der Waals surface area contributed by atoms with E-state index in [-0.39, 0.29) is 40.6 Å². The number of hydroxylamine groups is 2. The van der Waals surface area contributed by atoms with Gasteiger partial charge in [-0.3, -0.25) is 14.6 Å². The van der Waals surface area contributed by atoms with Crippen molar-refractivity contribution in [1.82, 2.24) is 25.0 Å². The van der Waals surface area contributed by atoms with E-state index in [1.165, 1.54) is 32.6 Å². The first-order chi connectivity index (χ1) is 14.4. The van der Waals surface area contributed by atoms with Gasteiger partial charge in [0.1, 0.15) is 17.1 Å². The van der Waals surface area contributed by atoms with E-state index in [4.69, 9.17) is 28.0 Å². The van der Waals surface area contributed by atoms with E-state index in [9.17, 15) is 18.0 Å². The van der Waals surface area contributed by atoms with Gasteiger partial charge in [0.25, 0.3) is 5.91 Å². The van der Waals surface area contributed by atoms with Crippen molar-refractivity contribution in [2.75, 3.05) is 14.2 Å². The van der Waals surface area contributed by atoms with Crippen molar-refractivity contribution in [1.29, 1.82) is 0 Å². The zero-order valence-corrected chi connectivity index (χ0v) is 20.3. The summed E-state index contributed by atoms with van der Waals surface area (Å²) in [5, 5.41) is 1.55. The maximum Gasteiger partial charge on any atom is 0.432 e. The number of pyridine rings is 2. The number of H-pyrrole nitrogens is 1. The second kappa shape index (κ2) is 11.9. The van der Waals surface area contributed by atoms with E-state index in [0.717, 1.165) is 9.54 Å². The van der Waals surface area contributed by atoms with E-state index in [1.807, 2.05) is 0 Å². The minimum absolute atomic E-state index is 0. The van der Waals surface area contributed by atoms with Crippen LogP contribution in [0.25, 0.3) is 11.5 Å². The third-order valence-corrected chi connectivity index (χ3v) is 4.93. The molecule has 0 aliphatic heterocycles. The number of halogens is 7. The number of rotatable bonds is 3. The number of alkyl halides is 3. The van der Waals surface area contributed by atoms with Gasteiger partial charge >= 0.3 is 6.18 Å². The lowest BCUT2D eigenvalue weighted by Gasteiger charge is -2.13. The van der Waals surface area contributed by atoms with Crippen LogP contribution in [0.4, 0.5) is 13.2 Å². The number of carbonyl (C=O) groups is 1. The summed E-state index contributed by atoms with van der Waals surface area (Å²) in [5.41, 5.74) is -0.599. The second-order valence-electron chi connectivity index (χ2n) is 5.60. The molecule has 3 aromatic heterocycles. The molecule has 3 aromatic rings. The van der Waals surface area contributed by atoms with Crippen molar-refractivity contribution in [2.45, 2.75) is 13.6 Å². The normalized spacial score (nSPS) is 10.7. The number of imidazole rings is 1. The first kappa shape index (κ1) is 28.3. The number of nitrogens with one attached hydrogen (secondary N) is 1. The molecule has 0 aliphatic carbocycles. The first-order valence-corrected chi connectivity index (χ1v) is 10.3. The van der Waals surface area contributed by atoms with Crippen LogP contribution in [0.1, 0.15) is 23.6 Å². The van der Waals surface area contributed by atoms with E-state index in [2.05, 4.69) is 51.8 Å². The van der Waals surface area contributed by atoms with Crippen LogP contribution in [-0.2, 0) is 11.0 Å². The summed E-state index contributed by atoms with van der Waals surface area (Å²) < 4.78 is 38.4. The molecule has 0 atom stereocenters. The lowest BCUT2D eigenvalue weighted by molar-refractivity contribution is -0.140. The van der Waals surface area contributed by atoms with Gasteiger partial charge in [0, 0.05) is 28.4 Å². The second-order valence-corrected chi connectivity index (χ2v) is 8.24. The molecular formula is C18H16Br2Cl2F3N5O2. The molecule has 0 saturated heterocycles. The summed E-state index contributed by atoms with van der Waals surface area (Å²) in [7, 11) is 2.88. The number of carbonyl (C=O) groups excluding carboxylic acids is 1. The SMILES string of the molecule is C.CON(C)C(=O)c1ncc(Br)cc1Cl.FC(F)(F)c1cnc(-c2ncc(Br)cc2Cl)[nH]1. The molecule has 0 unspecified atom stereocenters. The van der Waals surface area contributed by atoms with Crippen LogP contribution in [0, 0.1) is 0 Å². The Bertz CT molecular complexity index is 1080. The van der Waals surface area contributed by atoms with Crippen LogP contribution < -0.4 is 0 Å². The molecule has 0 aromatic carbocycles. The third-order valence-electron chi connectivity index (χ3n) is 3.48. The molecule has 174 valence electrons. The number of hydrogen-bond donors (Lipinski definition) is 1. The Morgan fingerprint density at radius 1 is 1.06 bits per heavy atom. The minimum Gasteiger partial charge on any atom is -0.333 e. The van der Waals surface area contributed by atoms with Gasteiger partial charge in [0.05, 0.1) is 23.4 Å². The molecule has 32 heavy (non-hydrogen) atoms. The minimum atomic E-state index is -4.47. The van der Waals surface area contributed by atoms with Crippen LogP contribution in [0.2, 0.25) is 10.0 Å². The Morgan fingerprint density at radius 3 is 2.09 bits per heavy atom. The lowest BCUT2D eigenvalue weighted by atomic mass is 10.3. The highest BCUT2D eigenvalue weighted by Crippen LogP contribution is 2.31. The summed E-state index contributed by atoms with van der Waals surface area (Å²) in [5.74, 6) is -0.403. The Balaban J connectivity index is 0.000000316. The standard InChI is InChI=1S/C9H4BrClF3N3.C8H8BrClN2O2.CH4/c10-4-1-5(11)7(15-2-4)8-16-3-6(17-8)9(12,13)14;1-12(14-2)8(13)7-6(10)3-5(9)4-11-7;/h1-3H,(H,16,17);3-4H,1-2H3;1H4. The summed E-state index contributed by atoms with van der Waals surface area (Å²) in [6.07, 6.45) is -0.831. The van der Waals surface area contributed by atoms with Crippen LogP contribution in [0.5, 0.6) is 0 Å². The number of aromatic amines is 1. The molecular weight excluding hydrogens is 606 g/mol.